The van der Waals surface area contributed by atoms with Crippen LogP contribution in [0.4, 0.5) is 0 Å². The van der Waals surface area contributed by atoms with E-state index in [0.29, 0.717) is 27.2 Å². The maximum Gasteiger partial charge on any atom is 0.310 e. The number of nitriles is 1. The van der Waals surface area contributed by atoms with Gasteiger partial charge in [0, 0.05) is 9.50 Å². The molecular weight excluding hydrogens is 293 g/mol. The molecule has 0 saturated heterocycles. The van der Waals surface area contributed by atoms with Crippen molar-refractivity contribution in [2.75, 3.05) is 6.61 Å². The number of hydrogen-bond donors (Lipinski definition) is 0. The summed E-state index contributed by atoms with van der Waals surface area (Å²) in [6, 6.07) is 5.14. The molecule has 1 rings (SSSR count). The first kappa shape index (κ1) is 13.0. The third kappa shape index (κ3) is 3.22. The SMILES string of the molecule is CCOC(=O)Cc1c(Cl)cc(C#N)cc1Br. The number of carbonyl (C=O) groups excluding carboxylic acids is 1. The monoisotopic (exact) mass is 301 g/mol. The highest BCUT2D eigenvalue weighted by Gasteiger charge is 2.12. The number of ether oxygens (including phenoxy) is 1. The van der Waals surface area contributed by atoms with Gasteiger partial charge in [-0.25, -0.2) is 0 Å². The number of benzene rings is 1. The zero-order valence-corrected chi connectivity index (χ0v) is 10.9. The summed E-state index contributed by atoms with van der Waals surface area (Å²) in [6.45, 7) is 2.08. The number of hydrogen-bond acceptors (Lipinski definition) is 3. The Morgan fingerprint density at radius 2 is 2.31 bits per heavy atom. The van der Waals surface area contributed by atoms with Crippen LogP contribution in [0.3, 0.4) is 0 Å². The van der Waals surface area contributed by atoms with Gasteiger partial charge in [0.1, 0.15) is 0 Å². The molecular formula is C11H9BrClNO2. The van der Waals surface area contributed by atoms with Crippen LogP contribution in [-0.2, 0) is 16.0 Å². The van der Waals surface area contributed by atoms with Crippen molar-refractivity contribution in [3.63, 3.8) is 0 Å². The standard InChI is InChI=1S/C11H9BrClNO2/c1-2-16-11(15)5-8-9(12)3-7(6-14)4-10(8)13/h3-4H,2,5H2,1H3. The third-order valence-electron chi connectivity index (χ3n) is 1.90. The maximum absolute atomic E-state index is 11.3. The van der Waals surface area contributed by atoms with Gasteiger partial charge in [-0.05, 0) is 24.6 Å². The average Bonchev–Trinajstić information content (AvgIpc) is 2.23. The van der Waals surface area contributed by atoms with Gasteiger partial charge in [-0.1, -0.05) is 27.5 Å². The molecule has 3 nitrogen and oxygen atoms in total. The van der Waals surface area contributed by atoms with Crippen molar-refractivity contribution in [3.8, 4) is 6.07 Å². The summed E-state index contributed by atoms with van der Waals surface area (Å²) in [5.74, 6) is -0.338. The van der Waals surface area contributed by atoms with E-state index in [0.717, 1.165) is 0 Å². The van der Waals surface area contributed by atoms with Crippen LogP contribution in [0.15, 0.2) is 16.6 Å². The maximum atomic E-state index is 11.3. The van der Waals surface area contributed by atoms with Crippen LogP contribution in [0.1, 0.15) is 18.1 Å². The largest absolute Gasteiger partial charge is 0.466 e. The minimum absolute atomic E-state index is 0.0962. The molecule has 5 heteroatoms. The molecule has 0 aliphatic rings. The number of rotatable bonds is 3. The molecule has 1 aromatic carbocycles. The Balaban J connectivity index is 2.98. The smallest absolute Gasteiger partial charge is 0.310 e. The number of esters is 1. The number of nitrogens with zero attached hydrogens (tertiary/aromatic N) is 1. The van der Waals surface area contributed by atoms with Gasteiger partial charge in [0.25, 0.3) is 0 Å². The van der Waals surface area contributed by atoms with E-state index in [-0.39, 0.29) is 12.4 Å². The lowest BCUT2D eigenvalue weighted by Gasteiger charge is -2.07. The van der Waals surface area contributed by atoms with Gasteiger partial charge in [0.15, 0.2) is 0 Å². The van der Waals surface area contributed by atoms with Gasteiger partial charge in [-0.2, -0.15) is 5.26 Å². The minimum Gasteiger partial charge on any atom is -0.466 e. The zero-order valence-electron chi connectivity index (χ0n) is 8.59. The lowest BCUT2D eigenvalue weighted by Crippen LogP contribution is -2.08. The lowest BCUT2D eigenvalue weighted by atomic mass is 10.1. The summed E-state index contributed by atoms with van der Waals surface area (Å²) in [7, 11) is 0. The molecule has 1 aromatic rings. The van der Waals surface area contributed by atoms with Crippen LogP contribution >= 0.6 is 27.5 Å². The van der Waals surface area contributed by atoms with E-state index in [1.807, 2.05) is 6.07 Å². The predicted octanol–water partition coefficient (Wildman–Crippen LogP) is 3.08. The highest BCUT2D eigenvalue weighted by molar-refractivity contribution is 9.10. The van der Waals surface area contributed by atoms with Crippen molar-refractivity contribution in [1.82, 2.24) is 0 Å². The first-order chi connectivity index (χ1) is 7.58. The molecule has 0 fully saturated rings. The Morgan fingerprint density at radius 1 is 1.62 bits per heavy atom. The Labute approximate surface area is 107 Å². The summed E-state index contributed by atoms with van der Waals surface area (Å²) < 4.78 is 5.47. The van der Waals surface area contributed by atoms with Crippen molar-refractivity contribution in [3.05, 3.63) is 32.8 Å². The molecule has 0 heterocycles. The second-order valence-electron chi connectivity index (χ2n) is 3.01. The molecule has 0 saturated carbocycles. The van der Waals surface area contributed by atoms with Gasteiger partial charge in [0.05, 0.1) is 24.7 Å². The zero-order chi connectivity index (χ0) is 12.1. The van der Waals surface area contributed by atoms with Crippen molar-refractivity contribution in [2.24, 2.45) is 0 Å². The molecule has 0 spiro atoms. The van der Waals surface area contributed by atoms with Gasteiger partial charge >= 0.3 is 5.97 Å². The normalized spacial score (nSPS) is 9.62. The van der Waals surface area contributed by atoms with Crippen LogP contribution in [0, 0.1) is 11.3 Å². The number of carbonyl (C=O) groups is 1. The molecule has 0 aliphatic carbocycles. The molecule has 84 valence electrons. The van der Waals surface area contributed by atoms with E-state index in [2.05, 4.69) is 15.9 Å². The Morgan fingerprint density at radius 3 is 2.81 bits per heavy atom. The molecule has 0 radical (unpaired) electrons. The molecule has 0 amide bonds. The van der Waals surface area contributed by atoms with Crippen molar-refractivity contribution in [2.45, 2.75) is 13.3 Å². The van der Waals surface area contributed by atoms with E-state index in [4.69, 9.17) is 21.6 Å². The van der Waals surface area contributed by atoms with Crippen LogP contribution in [-0.4, -0.2) is 12.6 Å². The Hall–Kier alpha value is -1.05. The second kappa shape index (κ2) is 5.88. The van der Waals surface area contributed by atoms with Crippen molar-refractivity contribution >= 4 is 33.5 Å². The van der Waals surface area contributed by atoms with Crippen LogP contribution in [0.5, 0.6) is 0 Å². The molecule has 0 N–H and O–H groups in total. The lowest BCUT2D eigenvalue weighted by molar-refractivity contribution is -0.142. The molecule has 16 heavy (non-hydrogen) atoms. The molecule has 0 unspecified atom stereocenters. The fourth-order valence-electron chi connectivity index (χ4n) is 1.19. The van der Waals surface area contributed by atoms with Crippen LogP contribution in [0.2, 0.25) is 5.02 Å². The molecule has 0 aromatic heterocycles. The molecule has 0 bridgehead atoms. The first-order valence-electron chi connectivity index (χ1n) is 4.62. The number of halogens is 2. The van der Waals surface area contributed by atoms with E-state index in [1.165, 1.54) is 6.07 Å². The first-order valence-corrected chi connectivity index (χ1v) is 5.79. The fraction of sp³-hybridized carbons (Fsp3) is 0.273. The van der Waals surface area contributed by atoms with Gasteiger partial charge in [0.2, 0.25) is 0 Å². The van der Waals surface area contributed by atoms with Crippen LogP contribution in [0.25, 0.3) is 0 Å². The summed E-state index contributed by atoms with van der Waals surface area (Å²) in [5.41, 5.74) is 1.09. The predicted molar refractivity (Wildman–Crippen MR) is 64.2 cm³/mol. The second-order valence-corrected chi connectivity index (χ2v) is 4.27. The highest BCUT2D eigenvalue weighted by atomic mass is 79.9. The Bertz CT molecular complexity index is 431. The van der Waals surface area contributed by atoms with Gasteiger partial charge < -0.3 is 4.74 Å². The summed E-state index contributed by atoms with van der Waals surface area (Å²) >= 11 is 9.24. The Kier molecular flexibility index (Phi) is 4.78. The van der Waals surface area contributed by atoms with E-state index >= 15 is 0 Å². The quantitative estimate of drug-likeness (QED) is 0.806. The van der Waals surface area contributed by atoms with Gasteiger partial charge in [-0.3, -0.25) is 4.79 Å². The fourth-order valence-corrected chi connectivity index (χ4v) is 2.19. The summed E-state index contributed by atoms with van der Waals surface area (Å²) in [5, 5.41) is 9.11. The molecule has 0 aliphatic heterocycles. The van der Waals surface area contributed by atoms with E-state index in [9.17, 15) is 4.79 Å². The van der Waals surface area contributed by atoms with Crippen LogP contribution < -0.4 is 0 Å². The van der Waals surface area contributed by atoms with Crippen molar-refractivity contribution in [1.29, 1.82) is 5.26 Å². The highest BCUT2D eigenvalue weighted by Crippen LogP contribution is 2.27. The summed E-state index contributed by atoms with van der Waals surface area (Å²) in [4.78, 5) is 11.3. The molecule has 0 atom stereocenters. The minimum atomic E-state index is -0.338. The van der Waals surface area contributed by atoms with E-state index < -0.39 is 0 Å². The van der Waals surface area contributed by atoms with Gasteiger partial charge in [-0.15, -0.1) is 0 Å². The van der Waals surface area contributed by atoms with Crippen molar-refractivity contribution < 1.29 is 9.53 Å². The average molecular weight is 303 g/mol. The topological polar surface area (TPSA) is 50.1 Å². The van der Waals surface area contributed by atoms with E-state index in [1.54, 1.807) is 13.0 Å². The third-order valence-corrected chi connectivity index (χ3v) is 2.94. The summed E-state index contributed by atoms with van der Waals surface area (Å²) in [6.07, 6.45) is 0.0962.